The lowest BCUT2D eigenvalue weighted by Crippen LogP contribution is -2.49. The molecule has 8 heteroatoms. The molecule has 2 N–H and O–H groups in total. The smallest absolute Gasteiger partial charge is 0.341 e. The van der Waals surface area contributed by atoms with E-state index in [1.807, 2.05) is 12.2 Å². The van der Waals surface area contributed by atoms with Gasteiger partial charge in [-0.15, -0.1) is 0 Å². The number of carbonyl (C=O) groups excluding carboxylic acids is 1. The van der Waals surface area contributed by atoms with Crippen LogP contribution in [0.3, 0.4) is 0 Å². The normalized spacial score (nSPS) is 29.5. The summed E-state index contributed by atoms with van der Waals surface area (Å²) >= 11 is 6.33. The number of fused-ring (bicyclic) bond motifs is 2. The quantitative estimate of drug-likeness (QED) is 0.426. The SMILES string of the molecule is C=C1CCC2C=C(Cl)C=CC2COc2ccc3cc2N(CCCCC/C=C\CN(C)C(=O)[C@H](C)[C@@]3(O)C(=O)O)C1. The first-order valence-electron chi connectivity index (χ1n) is 14.2. The van der Waals surface area contributed by atoms with Gasteiger partial charge in [-0.05, 0) is 68.7 Å². The summed E-state index contributed by atoms with van der Waals surface area (Å²) in [4.78, 5) is 29.5. The van der Waals surface area contributed by atoms with Gasteiger partial charge in [-0.2, -0.15) is 0 Å². The first kappa shape index (κ1) is 29.9. The highest BCUT2D eigenvalue weighted by Crippen LogP contribution is 2.40. The Morgan fingerprint density at radius 3 is 2.77 bits per heavy atom. The van der Waals surface area contributed by atoms with E-state index < -0.39 is 23.4 Å². The van der Waals surface area contributed by atoms with E-state index in [1.165, 1.54) is 11.8 Å². The van der Waals surface area contributed by atoms with Crippen molar-refractivity contribution in [3.05, 3.63) is 71.3 Å². The van der Waals surface area contributed by atoms with Gasteiger partial charge in [0, 0.05) is 37.6 Å². The number of hydrogen-bond donors (Lipinski definition) is 2. The number of nitrogens with zero attached hydrogens (tertiary/aromatic N) is 2. The largest absolute Gasteiger partial charge is 0.491 e. The number of aliphatic hydroxyl groups is 1. The Morgan fingerprint density at radius 1 is 1.20 bits per heavy atom. The molecule has 2 unspecified atom stereocenters. The van der Waals surface area contributed by atoms with E-state index >= 15 is 0 Å². The van der Waals surface area contributed by atoms with Crippen LogP contribution in [0.15, 0.2) is 65.8 Å². The van der Waals surface area contributed by atoms with Gasteiger partial charge < -0.3 is 24.7 Å². The van der Waals surface area contributed by atoms with Crippen LogP contribution < -0.4 is 9.64 Å². The number of likely N-dealkylation sites (N-methyl/N-ethyl adjacent to an activating group) is 1. The van der Waals surface area contributed by atoms with Crippen LogP contribution in [-0.4, -0.2) is 60.3 Å². The number of rotatable bonds is 1. The fourth-order valence-corrected chi connectivity index (χ4v) is 6.02. The molecular weight excluding hydrogens is 528 g/mol. The molecule has 1 aromatic carbocycles. The Hall–Kier alpha value is -3.03. The van der Waals surface area contributed by atoms with Crippen LogP contribution in [0.25, 0.3) is 0 Å². The molecule has 0 radical (unpaired) electrons. The van der Waals surface area contributed by atoms with Crippen LogP contribution in [0, 0.1) is 17.8 Å². The number of halogens is 1. The van der Waals surface area contributed by atoms with Crippen molar-refractivity contribution in [2.45, 2.75) is 51.0 Å². The predicted molar refractivity (Wildman–Crippen MR) is 159 cm³/mol. The minimum Gasteiger partial charge on any atom is -0.491 e. The van der Waals surface area contributed by atoms with Gasteiger partial charge in [0.2, 0.25) is 5.91 Å². The van der Waals surface area contributed by atoms with E-state index in [2.05, 4.69) is 29.7 Å². The molecule has 2 heterocycles. The highest BCUT2D eigenvalue weighted by molar-refractivity contribution is 6.31. The maximum absolute atomic E-state index is 13.3. The van der Waals surface area contributed by atoms with Gasteiger partial charge in [-0.3, -0.25) is 4.79 Å². The Balaban J connectivity index is 1.79. The number of allylic oxidation sites excluding steroid dienone is 4. The molecule has 0 spiro atoms. The summed E-state index contributed by atoms with van der Waals surface area (Å²) in [6.45, 7) is 7.94. The average molecular weight is 569 g/mol. The maximum Gasteiger partial charge on any atom is 0.341 e. The van der Waals surface area contributed by atoms with Crippen LogP contribution in [0.5, 0.6) is 5.75 Å². The van der Waals surface area contributed by atoms with Crippen molar-refractivity contribution in [2.75, 3.05) is 38.2 Å². The number of anilines is 1. The number of hydrogen-bond acceptors (Lipinski definition) is 5. The van der Waals surface area contributed by atoms with Crippen molar-refractivity contribution in [3.63, 3.8) is 0 Å². The minimum atomic E-state index is -2.42. The third-order valence-corrected chi connectivity index (χ3v) is 8.64. The number of carboxylic acid groups (broad SMARTS) is 1. The van der Waals surface area contributed by atoms with Gasteiger partial charge in [0.25, 0.3) is 0 Å². The zero-order chi connectivity index (χ0) is 28.9. The summed E-state index contributed by atoms with van der Waals surface area (Å²) in [6, 6.07) is 4.98. The minimum absolute atomic E-state index is 0.136. The zero-order valence-electron chi connectivity index (χ0n) is 23.5. The van der Waals surface area contributed by atoms with E-state index in [-0.39, 0.29) is 17.4 Å². The second-order valence-electron chi connectivity index (χ2n) is 11.3. The Kier molecular flexibility index (Phi) is 9.80. The summed E-state index contributed by atoms with van der Waals surface area (Å²) < 4.78 is 6.41. The summed E-state index contributed by atoms with van der Waals surface area (Å²) in [7, 11) is 1.63. The van der Waals surface area contributed by atoms with Gasteiger partial charge in [-0.25, -0.2) is 4.79 Å². The lowest BCUT2D eigenvalue weighted by molar-refractivity contribution is -0.172. The van der Waals surface area contributed by atoms with Gasteiger partial charge in [0.15, 0.2) is 5.60 Å². The summed E-state index contributed by atoms with van der Waals surface area (Å²) in [5, 5.41) is 22.7. The van der Waals surface area contributed by atoms with E-state index in [4.69, 9.17) is 16.3 Å². The van der Waals surface area contributed by atoms with Crippen molar-refractivity contribution in [2.24, 2.45) is 17.8 Å². The predicted octanol–water partition coefficient (Wildman–Crippen LogP) is 5.64. The molecule has 1 aliphatic carbocycles. The third-order valence-electron chi connectivity index (χ3n) is 8.39. The van der Waals surface area contributed by atoms with Crippen LogP contribution in [-0.2, 0) is 15.2 Å². The second-order valence-corrected chi connectivity index (χ2v) is 11.7. The summed E-state index contributed by atoms with van der Waals surface area (Å²) in [6.07, 6.45) is 15.7. The summed E-state index contributed by atoms with van der Waals surface area (Å²) in [5.74, 6) is -2.15. The molecule has 4 rings (SSSR count). The Morgan fingerprint density at radius 2 is 2.00 bits per heavy atom. The van der Waals surface area contributed by atoms with Crippen LogP contribution in [0.2, 0.25) is 0 Å². The van der Waals surface area contributed by atoms with Gasteiger partial charge in [-0.1, -0.05) is 60.5 Å². The molecular formula is C32H41ClN2O5. The van der Waals surface area contributed by atoms with Crippen LogP contribution in [0.1, 0.15) is 51.0 Å². The van der Waals surface area contributed by atoms with E-state index in [9.17, 15) is 19.8 Å². The fraction of sp³-hybridized carbons (Fsp3) is 0.500. The first-order valence-corrected chi connectivity index (χ1v) is 14.6. The molecule has 3 aliphatic rings. The number of benzene rings is 1. The average Bonchev–Trinajstić information content (AvgIpc) is 2.96. The highest BCUT2D eigenvalue weighted by Gasteiger charge is 2.48. The van der Waals surface area contributed by atoms with Crippen molar-refractivity contribution >= 4 is 29.2 Å². The summed E-state index contributed by atoms with van der Waals surface area (Å²) in [5.41, 5.74) is -0.512. The van der Waals surface area contributed by atoms with E-state index in [0.717, 1.165) is 55.7 Å². The van der Waals surface area contributed by atoms with Crippen molar-refractivity contribution in [1.29, 1.82) is 0 Å². The van der Waals surface area contributed by atoms with Crippen molar-refractivity contribution < 1.29 is 24.5 Å². The Labute approximate surface area is 242 Å². The van der Waals surface area contributed by atoms with Crippen molar-refractivity contribution in [1.82, 2.24) is 4.90 Å². The van der Waals surface area contributed by atoms with E-state index in [1.54, 1.807) is 25.2 Å². The monoisotopic (exact) mass is 568 g/mol. The van der Waals surface area contributed by atoms with E-state index in [0.29, 0.717) is 31.1 Å². The number of amides is 1. The standard InChI is InChI=1S/C32H41ClN2O5/c1-22-10-11-24-18-27(33)14-12-25(24)21-40-29-15-13-26-19-28(29)35(20-22)17-9-7-5-4-6-8-16-34(3)30(36)23(2)32(26,39)31(37)38/h6,8,12-15,18-19,23-25,39H,1,4-5,7,9-11,16-17,20-21H2,2-3H3,(H,37,38)/b8-6-/t23-,24?,25?,32-/m0/s1. The molecule has 0 aromatic heterocycles. The molecule has 1 amide bonds. The molecule has 2 bridgehead atoms. The number of carboxylic acids is 1. The molecule has 4 atom stereocenters. The number of carbonyl (C=O) groups is 2. The molecule has 7 nitrogen and oxygen atoms in total. The van der Waals surface area contributed by atoms with Gasteiger partial charge >= 0.3 is 5.97 Å². The van der Waals surface area contributed by atoms with Gasteiger partial charge in [0.05, 0.1) is 18.2 Å². The lowest BCUT2D eigenvalue weighted by Gasteiger charge is -2.34. The van der Waals surface area contributed by atoms with Crippen molar-refractivity contribution in [3.8, 4) is 5.75 Å². The highest BCUT2D eigenvalue weighted by atomic mass is 35.5. The first-order chi connectivity index (χ1) is 19.1. The molecule has 0 saturated heterocycles. The zero-order valence-corrected chi connectivity index (χ0v) is 24.3. The number of ether oxygens (including phenoxy) is 1. The molecule has 40 heavy (non-hydrogen) atoms. The topological polar surface area (TPSA) is 90.3 Å². The molecule has 1 aromatic rings. The van der Waals surface area contributed by atoms with Gasteiger partial charge in [0.1, 0.15) is 5.75 Å². The second kappa shape index (κ2) is 13.1. The lowest BCUT2D eigenvalue weighted by atomic mass is 9.81. The fourth-order valence-electron chi connectivity index (χ4n) is 5.78. The number of aliphatic carboxylic acids is 1. The molecule has 0 saturated carbocycles. The molecule has 0 fully saturated rings. The van der Waals surface area contributed by atoms with Crippen LogP contribution >= 0.6 is 11.6 Å². The Bertz CT molecular complexity index is 1210. The molecule has 216 valence electrons. The maximum atomic E-state index is 13.3. The third kappa shape index (κ3) is 6.64. The molecule has 2 aliphatic heterocycles. The van der Waals surface area contributed by atoms with Crippen LogP contribution in [0.4, 0.5) is 5.69 Å².